The van der Waals surface area contributed by atoms with Gasteiger partial charge >= 0.3 is 5.97 Å². The summed E-state index contributed by atoms with van der Waals surface area (Å²) in [5, 5.41) is 11.9. The molecule has 0 spiro atoms. The average Bonchev–Trinajstić information content (AvgIpc) is 2.67. The highest BCUT2D eigenvalue weighted by Gasteiger charge is 2.27. The average molecular weight is 285 g/mol. The zero-order valence-electron chi connectivity index (χ0n) is 10.2. The minimum Gasteiger partial charge on any atom is -0.478 e. The minimum atomic E-state index is -2.90. The molecule has 0 aromatic carbocycles. The number of nitrogens with two attached hydrogens (primary N) is 1. The van der Waals surface area contributed by atoms with Gasteiger partial charge in [0.1, 0.15) is 5.82 Å². The number of nitrogen functional groups attached to an aromatic ring is 1. The van der Waals surface area contributed by atoms with Crippen molar-refractivity contribution in [2.24, 2.45) is 5.92 Å². The van der Waals surface area contributed by atoms with Crippen LogP contribution in [0.3, 0.4) is 0 Å². The van der Waals surface area contributed by atoms with Gasteiger partial charge in [-0.05, 0) is 18.4 Å². The molecule has 1 aromatic rings. The molecule has 2 rings (SSSR count). The number of pyridine rings is 1. The van der Waals surface area contributed by atoms with Crippen LogP contribution in [0.15, 0.2) is 12.3 Å². The molecule has 4 N–H and O–H groups in total. The standard InChI is InChI=1S/C11H15N3O4S/c12-9-5-14-10(3-8(9)11(15)16)13-4-7-1-2-19(17,18)6-7/h3,5,7H,1-2,4,6,12H2,(H,13,14)(H,15,16). The van der Waals surface area contributed by atoms with E-state index in [0.29, 0.717) is 18.8 Å². The summed E-state index contributed by atoms with van der Waals surface area (Å²) in [5.41, 5.74) is 5.58. The van der Waals surface area contributed by atoms with E-state index in [2.05, 4.69) is 10.3 Å². The molecule has 1 fully saturated rings. The van der Waals surface area contributed by atoms with Crippen LogP contribution in [0.1, 0.15) is 16.8 Å². The fraction of sp³-hybridized carbons (Fsp3) is 0.455. The molecule has 1 unspecified atom stereocenters. The van der Waals surface area contributed by atoms with Gasteiger partial charge in [-0.15, -0.1) is 0 Å². The number of carbonyl (C=O) groups is 1. The van der Waals surface area contributed by atoms with Crippen LogP contribution in [0.2, 0.25) is 0 Å². The molecule has 0 aliphatic carbocycles. The number of aromatic nitrogens is 1. The molecular formula is C11H15N3O4S. The van der Waals surface area contributed by atoms with Crippen molar-refractivity contribution >= 4 is 27.3 Å². The van der Waals surface area contributed by atoms with Gasteiger partial charge in [0, 0.05) is 6.54 Å². The fourth-order valence-electron chi connectivity index (χ4n) is 2.03. The summed E-state index contributed by atoms with van der Waals surface area (Å²) in [6, 6.07) is 1.35. The number of carboxylic acids is 1. The first kappa shape index (κ1) is 13.6. The molecule has 0 bridgehead atoms. The maximum absolute atomic E-state index is 11.3. The molecule has 0 amide bonds. The zero-order chi connectivity index (χ0) is 14.0. The number of carboxylic acid groups (broad SMARTS) is 1. The summed E-state index contributed by atoms with van der Waals surface area (Å²) in [4.78, 5) is 14.9. The van der Waals surface area contributed by atoms with Gasteiger partial charge in [-0.1, -0.05) is 0 Å². The highest BCUT2D eigenvalue weighted by molar-refractivity contribution is 7.91. The number of nitrogens with zero attached hydrogens (tertiary/aromatic N) is 1. The van der Waals surface area contributed by atoms with Crippen molar-refractivity contribution in [1.29, 1.82) is 0 Å². The second kappa shape index (κ2) is 5.04. The van der Waals surface area contributed by atoms with Crippen LogP contribution < -0.4 is 11.1 Å². The maximum Gasteiger partial charge on any atom is 0.337 e. The van der Waals surface area contributed by atoms with Crippen molar-refractivity contribution in [1.82, 2.24) is 4.98 Å². The Morgan fingerprint density at radius 2 is 2.32 bits per heavy atom. The molecule has 1 aliphatic rings. The van der Waals surface area contributed by atoms with Crippen LogP contribution in [-0.2, 0) is 9.84 Å². The predicted octanol–water partition coefficient (Wildman–Crippen LogP) is 0.209. The number of anilines is 2. The molecule has 1 atom stereocenters. The second-order valence-electron chi connectivity index (χ2n) is 4.61. The predicted molar refractivity (Wildman–Crippen MR) is 70.9 cm³/mol. The van der Waals surface area contributed by atoms with Gasteiger partial charge < -0.3 is 16.2 Å². The molecule has 104 valence electrons. The molecule has 1 aliphatic heterocycles. The lowest BCUT2D eigenvalue weighted by Gasteiger charge is -2.11. The Hall–Kier alpha value is -1.83. The molecule has 8 heteroatoms. The van der Waals surface area contributed by atoms with Gasteiger partial charge in [0.2, 0.25) is 0 Å². The lowest BCUT2D eigenvalue weighted by Crippen LogP contribution is -2.16. The van der Waals surface area contributed by atoms with E-state index in [-0.39, 0.29) is 28.7 Å². The van der Waals surface area contributed by atoms with E-state index in [4.69, 9.17) is 10.8 Å². The van der Waals surface area contributed by atoms with Crippen LogP contribution in [-0.4, -0.2) is 42.5 Å². The van der Waals surface area contributed by atoms with Crippen LogP contribution in [0.4, 0.5) is 11.5 Å². The van der Waals surface area contributed by atoms with E-state index >= 15 is 0 Å². The molecule has 0 radical (unpaired) electrons. The van der Waals surface area contributed by atoms with E-state index in [9.17, 15) is 13.2 Å². The molecule has 19 heavy (non-hydrogen) atoms. The van der Waals surface area contributed by atoms with Crippen molar-refractivity contribution in [3.05, 3.63) is 17.8 Å². The second-order valence-corrected chi connectivity index (χ2v) is 6.84. The molecule has 2 heterocycles. The number of rotatable bonds is 4. The minimum absolute atomic E-state index is 0.0171. The van der Waals surface area contributed by atoms with E-state index < -0.39 is 15.8 Å². The van der Waals surface area contributed by atoms with Crippen LogP contribution in [0.5, 0.6) is 0 Å². The smallest absolute Gasteiger partial charge is 0.337 e. The van der Waals surface area contributed by atoms with Crippen LogP contribution >= 0.6 is 0 Å². The van der Waals surface area contributed by atoms with Gasteiger partial charge in [-0.25, -0.2) is 18.2 Å². The third kappa shape index (κ3) is 3.34. The molecule has 1 aromatic heterocycles. The van der Waals surface area contributed by atoms with Gasteiger partial charge in [-0.3, -0.25) is 0 Å². The molecule has 1 saturated heterocycles. The largest absolute Gasteiger partial charge is 0.478 e. The van der Waals surface area contributed by atoms with Crippen molar-refractivity contribution in [2.45, 2.75) is 6.42 Å². The third-order valence-electron chi connectivity index (χ3n) is 3.06. The molecule has 0 saturated carbocycles. The van der Waals surface area contributed by atoms with Gasteiger partial charge in [0.05, 0.1) is 29.0 Å². The van der Waals surface area contributed by atoms with Crippen molar-refractivity contribution < 1.29 is 18.3 Å². The van der Waals surface area contributed by atoms with E-state index in [1.165, 1.54) is 12.3 Å². The number of nitrogens with one attached hydrogen (secondary N) is 1. The summed E-state index contributed by atoms with van der Waals surface area (Å²) in [6.45, 7) is 0.454. The summed E-state index contributed by atoms with van der Waals surface area (Å²) in [5.74, 6) is -0.310. The van der Waals surface area contributed by atoms with E-state index in [0.717, 1.165) is 0 Å². The fourth-order valence-corrected chi connectivity index (χ4v) is 3.89. The summed E-state index contributed by atoms with van der Waals surface area (Å²) in [7, 11) is -2.90. The highest BCUT2D eigenvalue weighted by atomic mass is 32.2. The number of aromatic carboxylic acids is 1. The Bertz CT molecular complexity index is 600. The number of hydrogen-bond acceptors (Lipinski definition) is 6. The third-order valence-corrected chi connectivity index (χ3v) is 4.90. The maximum atomic E-state index is 11.3. The van der Waals surface area contributed by atoms with Gasteiger partial charge in [0.15, 0.2) is 9.84 Å². The monoisotopic (exact) mass is 285 g/mol. The first-order valence-electron chi connectivity index (χ1n) is 5.80. The van der Waals surface area contributed by atoms with Gasteiger partial charge in [0.25, 0.3) is 0 Å². The number of hydrogen-bond donors (Lipinski definition) is 3. The quantitative estimate of drug-likeness (QED) is 0.722. The summed E-state index contributed by atoms with van der Waals surface area (Å²) in [6.07, 6.45) is 1.90. The van der Waals surface area contributed by atoms with Crippen molar-refractivity contribution in [3.63, 3.8) is 0 Å². The first-order valence-corrected chi connectivity index (χ1v) is 7.62. The summed E-state index contributed by atoms with van der Waals surface area (Å²) < 4.78 is 22.6. The molecular weight excluding hydrogens is 270 g/mol. The lowest BCUT2D eigenvalue weighted by molar-refractivity contribution is 0.0698. The van der Waals surface area contributed by atoms with Crippen molar-refractivity contribution in [3.8, 4) is 0 Å². The van der Waals surface area contributed by atoms with Crippen LogP contribution in [0.25, 0.3) is 0 Å². The normalized spacial score (nSPS) is 21.2. The van der Waals surface area contributed by atoms with E-state index in [1.807, 2.05) is 0 Å². The molecule has 7 nitrogen and oxygen atoms in total. The lowest BCUT2D eigenvalue weighted by atomic mass is 10.1. The van der Waals surface area contributed by atoms with E-state index in [1.54, 1.807) is 0 Å². The zero-order valence-corrected chi connectivity index (χ0v) is 11.0. The Balaban J connectivity index is 2.01. The Morgan fingerprint density at radius 3 is 2.89 bits per heavy atom. The number of sulfone groups is 1. The Morgan fingerprint density at radius 1 is 1.58 bits per heavy atom. The summed E-state index contributed by atoms with van der Waals surface area (Å²) >= 11 is 0. The Labute approximate surface area is 110 Å². The van der Waals surface area contributed by atoms with Crippen LogP contribution in [0, 0.1) is 5.92 Å². The van der Waals surface area contributed by atoms with Gasteiger partial charge in [-0.2, -0.15) is 0 Å². The highest BCUT2D eigenvalue weighted by Crippen LogP contribution is 2.20. The SMILES string of the molecule is Nc1cnc(NCC2CCS(=O)(=O)C2)cc1C(=O)O. The first-order chi connectivity index (χ1) is 8.87. The van der Waals surface area contributed by atoms with Crippen molar-refractivity contribution in [2.75, 3.05) is 29.1 Å². The topological polar surface area (TPSA) is 122 Å². The Kier molecular flexibility index (Phi) is 3.61.